The zero-order valence-electron chi connectivity index (χ0n) is 10.6. The first kappa shape index (κ1) is 13.2. The van der Waals surface area contributed by atoms with E-state index in [9.17, 15) is 0 Å². The van der Waals surface area contributed by atoms with Crippen LogP contribution in [0.1, 0.15) is 25.7 Å². The van der Waals surface area contributed by atoms with E-state index in [1.54, 1.807) is 0 Å². The summed E-state index contributed by atoms with van der Waals surface area (Å²) in [6, 6.07) is 10.4. The van der Waals surface area contributed by atoms with Crippen molar-refractivity contribution in [3.8, 4) is 11.1 Å². The summed E-state index contributed by atoms with van der Waals surface area (Å²) in [7, 11) is 0. The number of halogens is 1. The topological polar surface area (TPSA) is 17.8 Å². The van der Waals surface area contributed by atoms with Gasteiger partial charge in [-0.15, -0.1) is 11.6 Å². The Hall–Kier alpha value is -1.28. The Morgan fingerprint density at radius 1 is 0.944 bits per heavy atom. The summed E-state index contributed by atoms with van der Waals surface area (Å²) in [5.41, 5.74) is 2.42. The third-order valence-corrected chi connectivity index (χ3v) is 3.28. The molecular weight excluding hydrogens is 244 g/mol. The van der Waals surface area contributed by atoms with Crippen LogP contribution in [0.15, 0.2) is 42.7 Å². The molecule has 1 heterocycles. The fraction of sp³-hybridized carbons (Fsp3) is 0.400. The third kappa shape index (κ3) is 3.88. The van der Waals surface area contributed by atoms with Crippen LogP contribution in [0.3, 0.4) is 0 Å². The van der Waals surface area contributed by atoms with Crippen molar-refractivity contribution in [1.29, 1.82) is 0 Å². The molecule has 1 aromatic heterocycles. The lowest BCUT2D eigenvalue weighted by atomic mass is 10.1. The fourth-order valence-electron chi connectivity index (χ4n) is 1.99. The molecule has 18 heavy (non-hydrogen) atoms. The van der Waals surface area contributed by atoms with Crippen molar-refractivity contribution in [2.75, 3.05) is 5.88 Å². The quantitative estimate of drug-likeness (QED) is 0.536. The van der Waals surface area contributed by atoms with Gasteiger partial charge in [-0.05, 0) is 18.4 Å². The minimum absolute atomic E-state index is 0.778. The smallest absolute Gasteiger partial charge is 0.0568 e. The van der Waals surface area contributed by atoms with E-state index >= 15 is 0 Å². The summed E-state index contributed by atoms with van der Waals surface area (Å²) in [6.45, 7) is 0.995. The predicted molar refractivity (Wildman–Crippen MR) is 76.9 cm³/mol. The number of nitrogens with zero attached hydrogens (tertiary/aromatic N) is 2. The van der Waals surface area contributed by atoms with Crippen LogP contribution in [0, 0.1) is 0 Å². The highest BCUT2D eigenvalue weighted by atomic mass is 35.5. The van der Waals surface area contributed by atoms with Crippen LogP contribution in [-0.4, -0.2) is 15.7 Å². The monoisotopic (exact) mass is 262 g/mol. The minimum Gasteiger partial charge on any atom is -0.272 e. The lowest BCUT2D eigenvalue weighted by molar-refractivity contribution is 0.542. The first-order chi connectivity index (χ1) is 8.90. The lowest BCUT2D eigenvalue weighted by Gasteiger charge is -2.00. The van der Waals surface area contributed by atoms with E-state index in [4.69, 9.17) is 11.6 Å². The molecule has 0 aliphatic carbocycles. The van der Waals surface area contributed by atoms with Crippen molar-refractivity contribution in [3.63, 3.8) is 0 Å². The number of aryl methyl sites for hydroxylation is 1. The molecule has 0 unspecified atom stereocenters. The van der Waals surface area contributed by atoms with Gasteiger partial charge in [0.25, 0.3) is 0 Å². The maximum absolute atomic E-state index is 5.65. The molecule has 0 aliphatic heterocycles. The number of unbranched alkanes of at least 4 members (excludes halogenated alkanes) is 3. The van der Waals surface area contributed by atoms with Crippen LogP contribution in [0.2, 0.25) is 0 Å². The van der Waals surface area contributed by atoms with E-state index in [1.165, 1.54) is 30.4 Å². The number of alkyl halides is 1. The summed E-state index contributed by atoms with van der Waals surface area (Å²) in [4.78, 5) is 0. The maximum Gasteiger partial charge on any atom is 0.0568 e. The molecular formula is C15H19ClN2. The molecule has 0 saturated heterocycles. The summed E-state index contributed by atoms with van der Waals surface area (Å²) in [5, 5.41) is 4.40. The zero-order valence-corrected chi connectivity index (χ0v) is 11.3. The van der Waals surface area contributed by atoms with Crippen molar-refractivity contribution >= 4 is 11.6 Å². The average Bonchev–Trinajstić information content (AvgIpc) is 2.88. The number of rotatable bonds is 7. The second-order valence-electron chi connectivity index (χ2n) is 4.46. The molecule has 0 spiro atoms. The third-order valence-electron chi connectivity index (χ3n) is 3.01. The van der Waals surface area contributed by atoms with E-state index in [0.717, 1.165) is 18.8 Å². The van der Waals surface area contributed by atoms with Crippen LogP contribution in [0.5, 0.6) is 0 Å². The molecule has 0 amide bonds. The Bertz CT molecular complexity index is 451. The molecule has 0 N–H and O–H groups in total. The Morgan fingerprint density at radius 2 is 1.72 bits per heavy atom. The van der Waals surface area contributed by atoms with Gasteiger partial charge in [-0.2, -0.15) is 5.10 Å². The highest BCUT2D eigenvalue weighted by molar-refractivity contribution is 6.17. The van der Waals surface area contributed by atoms with Gasteiger partial charge in [0.1, 0.15) is 0 Å². The largest absolute Gasteiger partial charge is 0.272 e. The molecule has 0 bridgehead atoms. The number of hydrogen-bond donors (Lipinski definition) is 0. The van der Waals surface area contributed by atoms with Crippen LogP contribution in [0.25, 0.3) is 11.1 Å². The molecule has 0 saturated carbocycles. The SMILES string of the molecule is ClCCCCCCn1cc(-c2ccccc2)cn1. The van der Waals surface area contributed by atoms with Crippen LogP contribution in [-0.2, 0) is 6.54 Å². The highest BCUT2D eigenvalue weighted by Crippen LogP contribution is 2.17. The molecule has 1 aromatic carbocycles. The van der Waals surface area contributed by atoms with Gasteiger partial charge >= 0.3 is 0 Å². The van der Waals surface area contributed by atoms with E-state index in [0.29, 0.717) is 0 Å². The summed E-state index contributed by atoms with van der Waals surface area (Å²) < 4.78 is 2.03. The molecule has 2 rings (SSSR count). The second-order valence-corrected chi connectivity index (χ2v) is 4.84. The van der Waals surface area contributed by atoms with Crippen molar-refractivity contribution in [3.05, 3.63) is 42.7 Å². The predicted octanol–water partition coefficient (Wildman–Crippen LogP) is 4.35. The molecule has 3 heteroatoms. The number of hydrogen-bond acceptors (Lipinski definition) is 1. The standard InChI is InChI=1S/C15H19ClN2/c16-10-6-1-2-7-11-18-13-15(12-17-18)14-8-4-3-5-9-14/h3-5,8-9,12-13H,1-2,6-7,10-11H2. The van der Waals surface area contributed by atoms with Crippen molar-refractivity contribution in [2.24, 2.45) is 0 Å². The molecule has 0 radical (unpaired) electrons. The number of benzene rings is 1. The minimum atomic E-state index is 0.778. The molecule has 96 valence electrons. The Balaban J connectivity index is 1.83. The average molecular weight is 263 g/mol. The summed E-state index contributed by atoms with van der Waals surface area (Å²) in [5.74, 6) is 0.778. The van der Waals surface area contributed by atoms with E-state index in [1.807, 2.05) is 16.9 Å². The van der Waals surface area contributed by atoms with E-state index in [2.05, 4.69) is 35.6 Å². The van der Waals surface area contributed by atoms with Crippen LogP contribution in [0.4, 0.5) is 0 Å². The molecule has 2 nitrogen and oxygen atoms in total. The lowest BCUT2D eigenvalue weighted by Crippen LogP contribution is -1.97. The fourth-order valence-corrected chi connectivity index (χ4v) is 2.18. The van der Waals surface area contributed by atoms with Crippen molar-refractivity contribution in [2.45, 2.75) is 32.2 Å². The first-order valence-corrected chi connectivity index (χ1v) is 7.07. The summed E-state index contributed by atoms with van der Waals surface area (Å²) >= 11 is 5.65. The van der Waals surface area contributed by atoms with Gasteiger partial charge in [-0.3, -0.25) is 4.68 Å². The molecule has 0 fully saturated rings. The second kappa shape index (κ2) is 7.22. The van der Waals surface area contributed by atoms with Crippen LogP contribution >= 0.6 is 11.6 Å². The van der Waals surface area contributed by atoms with E-state index in [-0.39, 0.29) is 0 Å². The highest BCUT2D eigenvalue weighted by Gasteiger charge is 2.00. The normalized spacial score (nSPS) is 10.7. The van der Waals surface area contributed by atoms with Crippen LogP contribution < -0.4 is 0 Å². The van der Waals surface area contributed by atoms with Gasteiger partial charge in [0, 0.05) is 24.2 Å². The van der Waals surface area contributed by atoms with Crippen molar-refractivity contribution < 1.29 is 0 Å². The molecule has 2 aromatic rings. The Kier molecular flexibility index (Phi) is 5.28. The van der Waals surface area contributed by atoms with Gasteiger partial charge < -0.3 is 0 Å². The van der Waals surface area contributed by atoms with E-state index < -0.39 is 0 Å². The van der Waals surface area contributed by atoms with Crippen molar-refractivity contribution in [1.82, 2.24) is 9.78 Å². The van der Waals surface area contributed by atoms with Gasteiger partial charge in [-0.1, -0.05) is 43.2 Å². The van der Waals surface area contributed by atoms with Gasteiger partial charge in [-0.25, -0.2) is 0 Å². The Morgan fingerprint density at radius 3 is 2.50 bits per heavy atom. The van der Waals surface area contributed by atoms with Gasteiger partial charge in [0.15, 0.2) is 0 Å². The Labute approximate surface area is 114 Å². The zero-order chi connectivity index (χ0) is 12.6. The maximum atomic E-state index is 5.65. The summed E-state index contributed by atoms with van der Waals surface area (Å²) in [6.07, 6.45) is 8.80. The van der Waals surface area contributed by atoms with Gasteiger partial charge in [0.05, 0.1) is 6.20 Å². The number of aromatic nitrogens is 2. The van der Waals surface area contributed by atoms with Gasteiger partial charge in [0.2, 0.25) is 0 Å². The first-order valence-electron chi connectivity index (χ1n) is 6.54. The molecule has 0 aliphatic rings. The molecule has 0 atom stereocenters.